The van der Waals surface area contributed by atoms with E-state index in [0.717, 1.165) is 5.56 Å². The van der Waals surface area contributed by atoms with Crippen LogP contribution in [0, 0.1) is 11.6 Å². The maximum Gasteiger partial charge on any atom is 0.165 e. The molecule has 0 bridgehead atoms. The van der Waals surface area contributed by atoms with Gasteiger partial charge in [0.05, 0.1) is 5.39 Å². The molecule has 4 rings (SSSR count). The molecule has 0 radical (unpaired) electrons. The third kappa shape index (κ3) is 2.71. The van der Waals surface area contributed by atoms with E-state index < -0.39 is 5.82 Å². The Hall–Kier alpha value is -3.28. The summed E-state index contributed by atoms with van der Waals surface area (Å²) in [6, 6.07) is 13.8. The molecule has 0 unspecified atom stereocenters. The number of benzene rings is 2. The average molecular weight is 337 g/mol. The van der Waals surface area contributed by atoms with Gasteiger partial charge >= 0.3 is 0 Å². The van der Waals surface area contributed by atoms with E-state index in [2.05, 4.69) is 10.1 Å². The maximum atomic E-state index is 13.9. The van der Waals surface area contributed by atoms with Crippen LogP contribution in [0.25, 0.3) is 22.3 Å². The van der Waals surface area contributed by atoms with Gasteiger partial charge in [-0.05, 0) is 42.5 Å². The first-order valence-electron chi connectivity index (χ1n) is 7.63. The number of hydrogen-bond acceptors (Lipinski definition) is 3. The maximum absolute atomic E-state index is 13.9. The van der Waals surface area contributed by atoms with Crippen molar-refractivity contribution in [3.8, 4) is 22.8 Å². The number of ether oxygens (including phenoxy) is 1. The Bertz CT molecular complexity index is 1060. The number of fused-ring (bicyclic) bond motifs is 1. The van der Waals surface area contributed by atoms with E-state index in [1.807, 2.05) is 0 Å². The summed E-state index contributed by atoms with van der Waals surface area (Å²) in [6.45, 7) is 0. The highest BCUT2D eigenvalue weighted by Gasteiger charge is 2.18. The SMILES string of the molecule is Cn1nc(-c2ccc(F)cc2)c2c(Oc3ccccc3F)ccnc21. The van der Waals surface area contributed by atoms with E-state index in [9.17, 15) is 8.78 Å². The van der Waals surface area contributed by atoms with Gasteiger partial charge in [0.15, 0.2) is 17.2 Å². The molecule has 0 aliphatic carbocycles. The lowest BCUT2D eigenvalue weighted by Crippen LogP contribution is -1.92. The molecule has 0 fully saturated rings. The minimum atomic E-state index is -0.459. The second kappa shape index (κ2) is 5.98. The lowest BCUT2D eigenvalue weighted by molar-refractivity contribution is 0.446. The number of para-hydroxylation sites is 1. The van der Waals surface area contributed by atoms with Gasteiger partial charge < -0.3 is 4.74 Å². The van der Waals surface area contributed by atoms with Gasteiger partial charge in [0.1, 0.15) is 17.3 Å². The van der Waals surface area contributed by atoms with E-state index in [1.54, 1.807) is 54.3 Å². The Morgan fingerprint density at radius 2 is 1.68 bits per heavy atom. The van der Waals surface area contributed by atoms with Crippen molar-refractivity contribution in [2.24, 2.45) is 7.05 Å². The Balaban J connectivity index is 1.90. The molecular weight excluding hydrogens is 324 g/mol. The Morgan fingerprint density at radius 3 is 2.44 bits per heavy atom. The molecule has 0 aliphatic rings. The number of aromatic nitrogens is 3. The first-order valence-corrected chi connectivity index (χ1v) is 7.63. The van der Waals surface area contributed by atoms with E-state index in [4.69, 9.17) is 4.74 Å². The van der Waals surface area contributed by atoms with Crippen LogP contribution >= 0.6 is 0 Å². The highest BCUT2D eigenvalue weighted by atomic mass is 19.1. The largest absolute Gasteiger partial charge is 0.453 e. The number of nitrogens with zero attached hydrogens (tertiary/aromatic N) is 3. The van der Waals surface area contributed by atoms with Crippen molar-refractivity contribution in [2.45, 2.75) is 0 Å². The van der Waals surface area contributed by atoms with Crippen molar-refractivity contribution in [2.75, 3.05) is 0 Å². The molecule has 0 amide bonds. The van der Waals surface area contributed by atoms with E-state index in [1.165, 1.54) is 18.2 Å². The van der Waals surface area contributed by atoms with Crippen molar-refractivity contribution in [1.82, 2.24) is 14.8 Å². The van der Waals surface area contributed by atoms with E-state index in [-0.39, 0.29) is 11.6 Å². The fraction of sp³-hybridized carbons (Fsp3) is 0.0526. The molecule has 6 heteroatoms. The summed E-state index contributed by atoms with van der Waals surface area (Å²) < 4.78 is 34.6. The van der Waals surface area contributed by atoms with Crippen LogP contribution in [0.3, 0.4) is 0 Å². The standard InChI is InChI=1S/C19H13F2N3O/c1-24-19-17(18(23-24)12-6-8-13(20)9-7-12)16(10-11-22-19)25-15-5-3-2-4-14(15)21/h2-11H,1H3. The first-order chi connectivity index (χ1) is 12.1. The molecule has 4 aromatic rings. The van der Waals surface area contributed by atoms with Crippen LogP contribution in [-0.2, 0) is 7.05 Å². The zero-order valence-corrected chi connectivity index (χ0v) is 13.3. The third-order valence-corrected chi connectivity index (χ3v) is 3.86. The van der Waals surface area contributed by atoms with Crippen molar-refractivity contribution in [3.63, 3.8) is 0 Å². The van der Waals surface area contributed by atoms with Crippen LogP contribution < -0.4 is 4.74 Å². The van der Waals surface area contributed by atoms with Crippen LogP contribution in [-0.4, -0.2) is 14.8 Å². The second-order valence-corrected chi connectivity index (χ2v) is 5.52. The molecule has 2 heterocycles. The van der Waals surface area contributed by atoms with Gasteiger partial charge in [-0.2, -0.15) is 5.10 Å². The van der Waals surface area contributed by atoms with Crippen molar-refractivity contribution < 1.29 is 13.5 Å². The lowest BCUT2D eigenvalue weighted by Gasteiger charge is -2.08. The molecule has 2 aromatic carbocycles. The van der Waals surface area contributed by atoms with Gasteiger partial charge in [-0.1, -0.05) is 12.1 Å². The summed E-state index contributed by atoms with van der Waals surface area (Å²) in [6.07, 6.45) is 1.58. The Kier molecular flexibility index (Phi) is 3.65. The molecule has 0 saturated carbocycles. The molecule has 0 atom stereocenters. The topological polar surface area (TPSA) is 39.9 Å². The molecule has 0 spiro atoms. The number of aryl methyl sites for hydroxylation is 1. The third-order valence-electron chi connectivity index (χ3n) is 3.86. The normalized spacial score (nSPS) is 11.0. The van der Waals surface area contributed by atoms with Crippen LogP contribution in [0.15, 0.2) is 60.8 Å². The smallest absolute Gasteiger partial charge is 0.165 e. The minimum absolute atomic E-state index is 0.115. The molecular formula is C19H13F2N3O. The summed E-state index contributed by atoms with van der Waals surface area (Å²) >= 11 is 0. The number of hydrogen-bond donors (Lipinski definition) is 0. The monoisotopic (exact) mass is 337 g/mol. The minimum Gasteiger partial charge on any atom is -0.453 e. The van der Waals surface area contributed by atoms with Gasteiger partial charge in [0.25, 0.3) is 0 Å². The molecule has 25 heavy (non-hydrogen) atoms. The Morgan fingerprint density at radius 1 is 0.920 bits per heavy atom. The van der Waals surface area contributed by atoms with Crippen LogP contribution in [0.5, 0.6) is 11.5 Å². The predicted molar refractivity (Wildman–Crippen MR) is 90.4 cm³/mol. The van der Waals surface area contributed by atoms with E-state index in [0.29, 0.717) is 22.5 Å². The number of rotatable bonds is 3. The second-order valence-electron chi connectivity index (χ2n) is 5.52. The zero-order chi connectivity index (χ0) is 17.4. The number of pyridine rings is 1. The summed E-state index contributed by atoms with van der Waals surface area (Å²) in [5.41, 5.74) is 1.91. The predicted octanol–water partition coefficient (Wildman–Crippen LogP) is 4.71. The van der Waals surface area contributed by atoms with Crippen LogP contribution in [0.4, 0.5) is 8.78 Å². The van der Waals surface area contributed by atoms with Gasteiger partial charge in [-0.15, -0.1) is 0 Å². The fourth-order valence-corrected chi connectivity index (χ4v) is 2.69. The average Bonchev–Trinajstić information content (AvgIpc) is 2.96. The first kappa shape index (κ1) is 15.3. The highest BCUT2D eigenvalue weighted by Crippen LogP contribution is 2.36. The Labute approximate surface area is 142 Å². The van der Waals surface area contributed by atoms with E-state index >= 15 is 0 Å². The van der Waals surface area contributed by atoms with Crippen molar-refractivity contribution >= 4 is 11.0 Å². The van der Waals surface area contributed by atoms with Crippen LogP contribution in [0.1, 0.15) is 0 Å². The van der Waals surface area contributed by atoms with Gasteiger partial charge in [-0.25, -0.2) is 18.4 Å². The molecule has 124 valence electrons. The van der Waals surface area contributed by atoms with Gasteiger partial charge in [-0.3, -0.25) is 0 Å². The molecule has 0 aliphatic heterocycles. The fourth-order valence-electron chi connectivity index (χ4n) is 2.69. The van der Waals surface area contributed by atoms with Gasteiger partial charge in [0, 0.05) is 18.8 Å². The summed E-state index contributed by atoms with van der Waals surface area (Å²) in [5.74, 6) is -0.240. The molecule has 4 nitrogen and oxygen atoms in total. The van der Waals surface area contributed by atoms with Gasteiger partial charge in [0.2, 0.25) is 0 Å². The van der Waals surface area contributed by atoms with Crippen LogP contribution in [0.2, 0.25) is 0 Å². The number of halogens is 2. The molecule has 0 saturated heterocycles. The van der Waals surface area contributed by atoms with Crippen molar-refractivity contribution in [1.29, 1.82) is 0 Å². The molecule has 0 N–H and O–H groups in total. The lowest BCUT2D eigenvalue weighted by atomic mass is 10.1. The molecule has 2 aromatic heterocycles. The summed E-state index contributed by atoms with van der Waals surface area (Å²) in [5, 5.41) is 5.11. The highest BCUT2D eigenvalue weighted by molar-refractivity contribution is 5.96. The zero-order valence-electron chi connectivity index (χ0n) is 13.3. The van der Waals surface area contributed by atoms with Crippen molar-refractivity contribution in [3.05, 3.63) is 72.4 Å². The summed E-state index contributed by atoms with van der Waals surface area (Å²) in [4.78, 5) is 4.32. The summed E-state index contributed by atoms with van der Waals surface area (Å²) in [7, 11) is 1.76. The quantitative estimate of drug-likeness (QED) is 0.544.